The van der Waals surface area contributed by atoms with Gasteiger partial charge < -0.3 is 15.2 Å². The second-order valence-corrected chi connectivity index (χ2v) is 3.80. The van der Waals surface area contributed by atoms with Gasteiger partial charge in [0.25, 0.3) is 5.91 Å². The van der Waals surface area contributed by atoms with Crippen LogP contribution in [0.4, 0.5) is 13.2 Å². The number of pyridine rings is 1. The maximum Gasteiger partial charge on any atom is 0.422 e. The van der Waals surface area contributed by atoms with Crippen molar-refractivity contribution in [3.05, 3.63) is 23.9 Å². The van der Waals surface area contributed by atoms with Crippen LogP contribution in [0.15, 0.2) is 18.2 Å². The van der Waals surface area contributed by atoms with Crippen LogP contribution in [0.1, 0.15) is 17.4 Å². The van der Waals surface area contributed by atoms with Gasteiger partial charge in [-0.15, -0.1) is 0 Å². The fraction of sp³-hybridized carbons (Fsp3) is 0.364. The Hall–Kier alpha value is -2.32. The van der Waals surface area contributed by atoms with Gasteiger partial charge in [0.05, 0.1) is 0 Å². The number of carboxylic acids is 1. The third kappa shape index (κ3) is 5.12. The number of aliphatic carboxylic acids is 1. The molecule has 0 radical (unpaired) electrons. The number of hydrogen-bond acceptors (Lipinski definition) is 4. The van der Waals surface area contributed by atoms with Crippen molar-refractivity contribution in [1.29, 1.82) is 0 Å². The molecule has 6 nitrogen and oxygen atoms in total. The maximum atomic E-state index is 12.0. The van der Waals surface area contributed by atoms with Gasteiger partial charge in [-0.25, -0.2) is 4.98 Å². The summed E-state index contributed by atoms with van der Waals surface area (Å²) in [4.78, 5) is 25.7. The molecule has 0 saturated heterocycles. The monoisotopic (exact) mass is 292 g/mol. The van der Waals surface area contributed by atoms with Crippen LogP contribution in [-0.4, -0.2) is 40.8 Å². The molecule has 1 amide bonds. The molecule has 1 aromatic rings. The zero-order chi connectivity index (χ0) is 15.3. The minimum Gasteiger partial charge on any atom is -0.480 e. The molecule has 2 N–H and O–H groups in total. The predicted octanol–water partition coefficient (Wildman–Crippen LogP) is 1.23. The third-order valence-electron chi connectivity index (χ3n) is 2.06. The zero-order valence-electron chi connectivity index (χ0n) is 10.3. The van der Waals surface area contributed by atoms with E-state index in [1.54, 1.807) is 0 Å². The number of carbonyl (C=O) groups excluding carboxylic acids is 1. The van der Waals surface area contributed by atoms with Crippen molar-refractivity contribution in [2.45, 2.75) is 19.1 Å². The zero-order valence-corrected chi connectivity index (χ0v) is 10.3. The van der Waals surface area contributed by atoms with Crippen molar-refractivity contribution in [3.8, 4) is 5.88 Å². The summed E-state index contributed by atoms with van der Waals surface area (Å²) in [5, 5.41) is 10.7. The molecule has 20 heavy (non-hydrogen) atoms. The van der Waals surface area contributed by atoms with E-state index >= 15 is 0 Å². The number of nitrogens with one attached hydrogen (secondary N) is 1. The van der Waals surface area contributed by atoms with Crippen LogP contribution in [0, 0.1) is 0 Å². The van der Waals surface area contributed by atoms with Crippen LogP contribution in [0.3, 0.4) is 0 Å². The van der Waals surface area contributed by atoms with E-state index in [-0.39, 0.29) is 11.6 Å². The molecule has 0 fully saturated rings. The topological polar surface area (TPSA) is 88.5 Å². The van der Waals surface area contributed by atoms with E-state index in [2.05, 4.69) is 15.0 Å². The molecule has 1 rings (SSSR count). The summed E-state index contributed by atoms with van der Waals surface area (Å²) in [7, 11) is 0. The summed E-state index contributed by atoms with van der Waals surface area (Å²) >= 11 is 0. The second-order valence-electron chi connectivity index (χ2n) is 3.80. The maximum absolute atomic E-state index is 12.0. The molecular weight excluding hydrogens is 281 g/mol. The molecule has 1 aromatic heterocycles. The Morgan fingerprint density at radius 3 is 2.65 bits per heavy atom. The number of carbonyl (C=O) groups is 2. The summed E-state index contributed by atoms with van der Waals surface area (Å²) < 4.78 is 40.3. The summed E-state index contributed by atoms with van der Waals surface area (Å²) in [6.07, 6.45) is -4.52. The summed E-state index contributed by atoms with van der Waals surface area (Å²) in [5.74, 6) is -2.45. The van der Waals surface area contributed by atoms with E-state index in [0.29, 0.717) is 0 Å². The first-order valence-corrected chi connectivity index (χ1v) is 5.39. The number of halogens is 3. The lowest BCUT2D eigenvalue weighted by molar-refractivity contribution is -0.154. The lowest BCUT2D eigenvalue weighted by Gasteiger charge is -2.11. The van der Waals surface area contributed by atoms with E-state index in [1.165, 1.54) is 19.1 Å². The van der Waals surface area contributed by atoms with Crippen molar-refractivity contribution in [1.82, 2.24) is 10.3 Å². The lowest BCUT2D eigenvalue weighted by atomic mass is 10.3. The summed E-state index contributed by atoms with van der Waals surface area (Å²) in [6, 6.07) is 2.51. The van der Waals surface area contributed by atoms with Crippen LogP contribution >= 0.6 is 0 Å². The first-order valence-electron chi connectivity index (χ1n) is 5.39. The van der Waals surface area contributed by atoms with Gasteiger partial charge in [-0.3, -0.25) is 9.59 Å². The Bertz CT molecular complexity index is 505. The molecule has 0 saturated carbocycles. The number of rotatable bonds is 5. The SMILES string of the molecule is C[C@H](NC(=O)c1cccc(OCC(F)(F)F)n1)C(=O)O. The fourth-order valence-corrected chi connectivity index (χ4v) is 1.11. The van der Waals surface area contributed by atoms with Gasteiger partial charge in [-0.2, -0.15) is 13.2 Å². The minimum atomic E-state index is -4.52. The number of alkyl halides is 3. The molecule has 110 valence electrons. The molecule has 0 aromatic carbocycles. The molecule has 1 atom stereocenters. The number of ether oxygens (including phenoxy) is 1. The Kier molecular flexibility index (Phi) is 4.89. The third-order valence-corrected chi connectivity index (χ3v) is 2.06. The molecule has 0 unspecified atom stereocenters. The highest BCUT2D eigenvalue weighted by atomic mass is 19.4. The molecule has 1 heterocycles. The van der Waals surface area contributed by atoms with Crippen molar-refractivity contribution in [2.75, 3.05) is 6.61 Å². The molecule has 9 heteroatoms. The van der Waals surface area contributed by atoms with Crippen molar-refractivity contribution < 1.29 is 32.6 Å². The van der Waals surface area contributed by atoms with Gasteiger partial charge in [0.2, 0.25) is 5.88 Å². The number of aromatic nitrogens is 1. The molecule has 0 aliphatic heterocycles. The van der Waals surface area contributed by atoms with Crippen molar-refractivity contribution >= 4 is 11.9 Å². The highest BCUT2D eigenvalue weighted by molar-refractivity contribution is 5.94. The van der Waals surface area contributed by atoms with Gasteiger partial charge in [0, 0.05) is 6.07 Å². The van der Waals surface area contributed by atoms with Crippen LogP contribution in [0.2, 0.25) is 0 Å². The van der Waals surface area contributed by atoms with E-state index < -0.39 is 30.7 Å². The number of amides is 1. The smallest absolute Gasteiger partial charge is 0.422 e. The van der Waals surface area contributed by atoms with Crippen molar-refractivity contribution in [2.24, 2.45) is 0 Å². The Morgan fingerprint density at radius 2 is 2.10 bits per heavy atom. The number of hydrogen-bond donors (Lipinski definition) is 2. The summed E-state index contributed by atoms with van der Waals surface area (Å²) in [6.45, 7) is -0.291. The Balaban J connectivity index is 2.72. The van der Waals surface area contributed by atoms with Crippen LogP contribution in [0.25, 0.3) is 0 Å². The molecule has 0 bridgehead atoms. The molecule has 0 spiro atoms. The Morgan fingerprint density at radius 1 is 1.45 bits per heavy atom. The van der Waals surface area contributed by atoms with Gasteiger partial charge in [-0.1, -0.05) is 6.07 Å². The number of nitrogens with zero attached hydrogens (tertiary/aromatic N) is 1. The van der Waals surface area contributed by atoms with E-state index in [1.807, 2.05) is 0 Å². The molecule has 0 aliphatic rings. The minimum absolute atomic E-state index is 0.238. The van der Waals surface area contributed by atoms with Gasteiger partial charge in [0.15, 0.2) is 6.61 Å². The van der Waals surface area contributed by atoms with Crippen molar-refractivity contribution in [3.63, 3.8) is 0 Å². The van der Waals surface area contributed by atoms with Gasteiger partial charge >= 0.3 is 12.1 Å². The molecular formula is C11H11F3N2O4. The van der Waals surface area contributed by atoms with Crippen LogP contribution < -0.4 is 10.1 Å². The average Bonchev–Trinajstić information content (AvgIpc) is 2.35. The Labute approximate surface area is 111 Å². The summed E-state index contributed by atoms with van der Waals surface area (Å²) in [5.41, 5.74) is -0.238. The van der Waals surface area contributed by atoms with E-state index in [4.69, 9.17) is 5.11 Å². The highest BCUT2D eigenvalue weighted by Crippen LogP contribution is 2.17. The van der Waals surface area contributed by atoms with Crippen LogP contribution in [-0.2, 0) is 4.79 Å². The first kappa shape index (κ1) is 15.7. The first-order chi connectivity index (χ1) is 9.19. The van der Waals surface area contributed by atoms with E-state index in [0.717, 1.165) is 6.07 Å². The van der Waals surface area contributed by atoms with Gasteiger partial charge in [-0.05, 0) is 13.0 Å². The molecule has 0 aliphatic carbocycles. The normalized spacial score (nSPS) is 12.6. The predicted molar refractivity (Wildman–Crippen MR) is 60.4 cm³/mol. The lowest BCUT2D eigenvalue weighted by Crippen LogP contribution is -2.38. The fourth-order valence-electron chi connectivity index (χ4n) is 1.11. The standard InChI is InChI=1S/C11H11F3N2O4/c1-6(10(18)19)15-9(17)7-3-2-4-8(16-7)20-5-11(12,13)14/h2-4,6H,5H2,1H3,(H,15,17)(H,18,19)/t6-/m0/s1. The second kappa shape index (κ2) is 6.22. The van der Waals surface area contributed by atoms with Crippen LogP contribution in [0.5, 0.6) is 5.88 Å². The average molecular weight is 292 g/mol. The number of carboxylic acid groups (broad SMARTS) is 1. The highest BCUT2D eigenvalue weighted by Gasteiger charge is 2.28. The quantitative estimate of drug-likeness (QED) is 0.852. The van der Waals surface area contributed by atoms with Gasteiger partial charge in [0.1, 0.15) is 11.7 Å². The van der Waals surface area contributed by atoms with E-state index in [9.17, 15) is 22.8 Å². The largest absolute Gasteiger partial charge is 0.480 e.